The van der Waals surface area contributed by atoms with Gasteiger partial charge < -0.3 is 20.1 Å². The Hall–Kier alpha value is -3.88. The molecule has 4 rings (SSSR count). The van der Waals surface area contributed by atoms with Gasteiger partial charge in [-0.1, -0.05) is 47.7 Å². The average Bonchev–Trinajstić information content (AvgIpc) is 3.22. The van der Waals surface area contributed by atoms with Crippen molar-refractivity contribution in [3.8, 4) is 11.5 Å². The number of para-hydroxylation sites is 1. The molecule has 1 aromatic heterocycles. The van der Waals surface area contributed by atoms with Gasteiger partial charge in [0.2, 0.25) is 0 Å². The molecule has 0 spiro atoms. The van der Waals surface area contributed by atoms with Crippen LogP contribution in [0.5, 0.6) is 11.5 Å². The van der Waals surface area contributed by atoms with Crippen molar-refractivity contribution in [2.24, 2.45) is 0 Å². The maximum absolute atomic E-state index is 12.7. The number of nitrogens with one attached hydrogen (secondary N) is 2. The molecule has 1 unspecified atom stereocenters. The Labute approximate surface area is 173 Å². The van der Waals surface area contributed by atoms with Crippen LogP contribution in [0.15, 0.2) is 48.5 Å². The highest BCUT2D eigenvalue weighted by atomic mass is 16.5. The number of rotatable bonds is 6. The van der Waals surface area contributed by atoms with Crippen molar-refractivity contribution < 1.29 is 19.1 Å². The van der Waals surface area contributed by atoms with Gasteiger partial charge in [-0.2, -0.15) is 0 Å². The van der Waals surface area contributed by atoms with Gasteiger partial charge in [0.05, 0.1) is 26.8 Å². The zero-order chi connectivity index (χ0) is 21.1. The minimum Gasteiger partial charge on any atom is -0.493 e. The number of fused-ring (bicyclic) bond motifs is 1. The van der Waals surface area contributed by atoms with E-state index in [2.05, 4.69) is 20.9 Å². The molecule has 154 valence electrons. The maximum Gasteiger partial charge on any atom is 0.274 e. The fourth-order valence-corrected chi connectivity index (χ4v) is 3.49. The molecule has 1 aliphatic rings. The predicted octanol–water partition coefficient (Wildman–Crippen LogP) is 1.71. The Morgan fingerprint density at radius 1 is 1.17 bits per heavy atom. The number of amides is 2. The fraction of sp³-hybridized carbons (Fsp3) is 0.238. The van der Waals surface area contributed by atoms with E-state index in [1.165, 1.54) is 11.8 Å². The van der Waals surface area contributed by atoms with Crippen LogP contribution < -0.4 is 20.1 Å². The van der Waals surface area contributed by atoms with Crippen molar-refractivity contribution in [2.75, 3.05) is 14.2 Å². The second kappa shape index (κ2) is 8.24. The third-order valence-electron chi connectivity index (χ3n) is 4.95. The summed E-state index contributed by atoms with van der Waals surface area (Å²) < 4.78 is 12.1. The number of hydrogen-bond acceptors (Lipinski definition) is 6. The van der Waals surface area contributed by atoms with Gasteiger partial charge in [-0.05, 0) is 11.6 Å². The lowest BCUT2D eigenvalue weighted by Gasteiger charge is -2.24. The van der Waals surface area contributed by atoms with E-state index in [1.54, 1.807) is 19.2 Å². The van der Waals surface area contributed by atoms with Gasteiger partial charge >= 0.3 is 0 Å². The molecule has 0 saturated heterocycles. The first-order valence-corrected chi connectivity index (χ1v) is 9.39. The number of hydrogen-bond donors (Lipinski definition) is 2. The molecule has 1 atom stereocenters. The molecule has 0 radical (unpaired) electrons. The van der Waals surface area contributed by atoms with Crippen LogP contribution in [0.4, 0.5) is 0 Å². The zero-order valence-electron chi connectivity index (χ0n) is 16.6. The summed E-state index contributed by atoms with van der Waals surface area (Å²) in [7, 11) is 3.08. The molecule has 1 aliphatic heterocycles. The second-order valence-electron chi connectivity index (χ2n) is 6.74. The van der Waals surface area contributed by atoms with Crippen molar-refractivity contribution in [3.05, 3.63) is 71.0 Å². The van der Waals surface area contributed by atoms with Crippen LogP contribution >= 0.6 is 0 Å². The van der Waals surface area contributed by atoms with E-state index in [0.29, 0.717) is 18.0 Å². The van der Waals surface area contributed by atoms with Crippen molar-refractivity contribution in [2.45, 2.75) is 19.1 Å². The van der Waals surface area contributed by atoms with Crippen molar-refractivity contribution in [1.82, 2.24) is 25.6 Å². The first-order valence-electron chi connectivity index (χ1n) is 9.39. The van der Waals surface area contributed by atoms with Crippen LogP contribution in [-0.2, 0) is 13.1 Å². The lowest BCUT2D eigenvalue weighted by Crippen LogP contribution is -2.40. The molecule has 2 heterocycles. The Bertz CT molecular complexity index is 1080. The summed E-state index contributed by atoms with van der Waals surface area (Å²) in [5.74, 6) is 0.226. The first kappa shape index (κ1) is 19.4. The number of aromatic nitrogens is 3. The maximum atomic E-state index is 12.7. The summed E-state index contributed by atoms with van der Waals surface area (Å²) >= 11 is 0. The van der Waals surface area contributed by atoms with Crippen molar-refractivity contribution in [1.29, 1.82) is 0 Å². The monoisotopic (exact) mass is 407 g/mol. The number of ether oxygens (including phenoxy) is 2. The van der Waals surface area contributed by atoms with E-state index in [4.69, 9.17) is 9.47 Å². The standard InChI is InChI=1S/C21H21N5O4/c1-29-16-10-6-9-14(19(16)30-2)11-22-20(27)17-18-21(28)23-15(12-26(18)25-24-17)13-7-4-3-5-8-13/h3-10,15H,11-12H2,1-2H3,(H,22,27)(H,23,28). The lowest BCUT2D eigenvalue weighted by atomic mass is 10.0. The third kappa shape index (κ3) is 3.57. The molecule has 2 aromatic carbocycles. The highest BCUT2D eigenvalue weighted by Crippen LogP contribution is 2.30. The summed E-state index contributed by atoms with van der Waals surface area (Å²) in [4.78, 5) is 25.4. The van der Waals surface area contributed by atoms with Crippen LogP contribution in [0.3, 0.4) is 0 Å². The van der Waals surface area contributed by atoms with Gasteiger partial charge in [-0.25, -0.2) is 4.68 Å². The fourth-order valence-electron chi connectivity index (χ4n) is 3.49. The van der Waals surface area contributed by atoms with Crippen LogP contribution in [0.2, 0.25) is 0 Å². The highest BCUT2D eigenvalue weighted by molar-refractivity contribution is 6.05. The number of carbonyl (C=O) groups is 2. The molecular weight excluding hydrogens is 386 g/mol. The molecule has 2 N–H and O–H groups in total. The molecule has 30 heavy (non-hydrogen) atoms. The minimum absolute atomic E-state index is 0.0131. The highest BCUT2D eigenvalue weighted by Gasteiger charge is 2.32. The summed E-state index contributed by atoms with van der Waals surface area (Å²) in [6, 6.07) is 14.8. The van der Waals surface area contributed by atoms with Crippen LogP contribution in [0.1, 0.15) is 38.1 Å². The number of carbonyl (C=O) groups excluding carboxylic acids is 2. The average molecular weight is 407 g/mol. The van der Waals surface area contributed by atoms with Crippen molar-refractivity contribution >= 4 is 11.8 Å². The van der Waals surface area contributed by atoms with Gasteiger partial charge in [-0.15, -0.1) is 5.10 Å². The second-order valence-corrected chi connectivity index (χ2v) is 6.74. The normalized spacial score (nSPS) is 15.1. The summed E-state index contributed by atoms with van der Waals surface area (Å²) in [5, 5.41) is 13.7. The van der Waals surface area contributed by atoms with E-state index in [0.717, 1.165) is 11.1 Å². The molecule has 9 heteroatoms. The van der Waals surface area contributed by atoms with Crippen molar-refractivity contribution in [3.63, 3.8) is 0 Å². The van der Waals surface area contributed by atoms with Gasteiger partial charge in [0.25, 0.3) is 11.8 Å². The molecule has 0 fully saturated rings. The van der Waals surface area contributed by atoms with E-state index < -0.39 is 5.91 Å². The largest absolute Gasteiger partial charge is 0.493 e. The zero-order valence-corrected chi connectivity index (χ0v) is 16.6. The molecule has 2 amide bonds. The Balaban J connectivity index is 1.51. The SMILES string of the molecule is COc1cccc(CNC(=O)c2nnn3c2C(=O)NC(c2ccccc2)C3)c1OC. The molecule has 0 aliphatic carbocycles. The van der Waals surface area contributed by atoms with Crippen LogP contribution in [0, 0.1) is 0 Å². The van der Waals surface area contributed by atoms with Gasteiger partial charge in [0.1, 0.15) is 0 Å². The predicted molar refractivity (Wildman–Crippen MR) is 107 cm³/mol. The van der Waals surface area contributed by atoms with Gasteiger partial charge in [0.15, 0.2) is 22.9 Å². The number of benzene rings is 2. The minimum atomic E-state index is -0.491. The van der Waals surface area contributed by atoms with Crippen LogP contribution in [-0.4, -0.2) is 41.0 Å². The van der Waals surface area contributed by atoms with E-state index in [-0.39, 0.29) is 29.9 Å². The van der Waals surface area contributed by atoms with E-state index in [9.17, 15) is 9.59 Å². The number of nitrogens with zero attached hydrogens (tertiary/aromatic N) is 3. The topological polar surface area (TPSA) is 107 Å². The van der Waals surface area contributed by atoms with Gasteiger partial charge in [-0.3, -0.25) is 9.59 Å². The molecule has 0 bridgehead atoms. The third-order valence-corrected chi connectivity index (χ3v) is 4.95. The smallest absolute Gasteiger partial charge is 0.274 e. The Morgan fingerprint density at radius 2 is 1.97 bits per heavy atom. The van der Waals surface area contributed by atoms with Gasteiger partial charge in [0, 0.05) is 12.1 Å². The molecule has 3 aromatic rings. The van der Waals surface area contributed by atoms with Crippen LogP contribution in [0.25, 0.3) is 0 Å². The first-order chi connectivity index (χ1) is 14.6. The Morgan fingerprint density at radius 3 is 2.70 bits per heavy atom. The summed E-state index contributed by atoms with van der Waals surface area (Å²) in [6.45, 7) is 0.578. The Kier molecular flexibility index (Phi) is 5.34. The molecule has 9 nitrogen and oxygen atoms in total. The molecular formula is C21H21N5O4. The summed E-state index contributed by atoms with van der Waals surface area (Å²) in [6.07, 6.45) is 0. The lowest BCUT2D eigenvalue weighted by molar-refractivity contribution is 0.0876. The summed E-state index contributed by atoms with van der Waals surface area (Å²) in [5.41, 5.74) is 1.83. The van der Waals surface area contributed by atoms with E-state index in [1.807, 2.05) is 36.4 Å². The number of methoxy groups -OCH3 is 2. The molecule has 0 saturated carbocycles. The van der Waals surface area contributed by atoms with E-state index >= 15 is 0 Å². The quantitative estimate of drug-likeness (QED) is 0.644.